The van der Waals surface area contributed by atoms with Crippen LogP contribution in [-0.4, -0.2) is 17.8 Å². The molecule has 2 rings (SSSR count). The SMILES string of the molecule is CC1C(=O)NC(=O)N(c2ccc(F)c(Br)c2)C1=O. The predicted octanol–water partition coefficient (Wildman–Crippen LogP) is 1.81. The van der Waals surface area contributed by atoms with Gasteiger partial charge in [-0.25, -0.2) is 14.1 Å². The number of rotatable bonds is 1. The number of hydrogen-bond acceptors (Lipinski definition) is 3. The molecule has 1 N–H and O–H groups in total. The molecule has 1 saturated heterocycles. The standard InChI is InChI=1S/C11H8BrFN2O3/c1-5-9(16)14-11(18)15(10(5)17)6-2-3-8(13)7(12)4-6/h2-5H,1H3,(H,14,16,18). The highest BCUT2D eigenvalue weighted by molar-refractivity contribution is 9.10. The quantitative estimate of drug-likeness (QED) is 0.804. The van der Waals surface area contributed by atoms with Crippen LogP contribution in [0.2, 0.25) is 0 Å². The van der Waals surface area contributed by atoms with Crippen molar-refractivity contribution in [1.82, 2.24) is 5.32 Å². The monoisotopic (exact) mass is 314 g/mol. The topological polar surface area (TPSA) is 66.5 Å². The van der Waals surface area contributed by atoms with Crippen molar-refractivity contribution in [2.45, 2.75) is 6.92 Å². The van der Waals surface area contributed by atoms with Crippen LogP contribution < -0.4 is 10.2 Å². The number of nitrogens with zero attached hydrogens (tertiary/aromatic N) is 1. The second-order valence-electron chi connectivity index (χ2n) is 3.79. The summed E-state index contributed by atoms with van der Waals surface area (Å²) in [6.45, 7) is 1.40. The Kier molecular flexibility index (Phi) is 3.16. The highest BCUT2D eigenvalue weighted by Crippen LogP contribution is 2.25. The Balaban J connectivity index is 2.42. The van der Waals surface area contributed by atoms with Gasteiger partial charge in [0.25, 0.3) is 0 Å². The van der Waals surface area contributed by atoms with Crippen LogP contribution in [0.15, 0.2) is 22.7 Å². The molecule has 1 aromatic rings. The number of anilines is 1. The Bertz CT molecular complexity index is 561. The third kappa shape index (κ3) is 2.01. The maximum atomic E-state index is 13.1. The van der Waals surface area contributed by atoms with E-state index in [1.807, 2.05) is 0 Å². The Morgan fingerprint density at radius 1 is 1.33 bits per heavy atom. The summed E-state index contributed by atoms with van der Waals surface area (Å²) in [7, 11) is 0. The number of carbonyl (C=O) groups excluding carboxylic acids is 3. The van der Waals surface area contributed by atoms with Gasteiger partial charge in [-0.05, 0) is 41.1 Å². The summed E-state index contributed by atoms with van der Waals surface area (Å²) in [5, 5.41) is 2.06. The van der Waals surface area contributed by atoms with E-state index in [0.29, 0.717) is 0 Å². The van der Waals surface area contributed by atoms with Gasteiger partial charge in [-0.2, -0.15) is 0 Å². The molecule has 18 heavy (non-hydrogen) atoms. The maximum absolute atomic E-state index is 13.1. The lowest BCUT2D eigenvalue weighted by molar-refractivity contribution is -0.133. The number of imide groups is 2. The van der Waals surface area contributed by atoms with Gasteiger partial charge in [0.1, 0.15) is 11.7 Å². The first kappa shape index (κ1) is 12.7. The van der Waals surface area contributed by atoms with Crippen LogP contribution in [0, 0.1) is 11.7 Å². The summed E-state index contributed by atoms with van der Waals surface area (Å²) in [5.74, 6) is -2.73. The van der Waals surface area contributed by atoms with Crippen molar-refractivity contribution >= 4 is 39.5 Å². The highest BCUT2D eigenvalue weighted by Gasteiger charge is 2.38. The number of benzene rings is 1. The second-order valence-corrected chi connectivity index (χ2v) is 4.64. The minimum Gasteiger partial charge on any atom is -0.277 e. The fourth-order valence-corrected chi connectivity index (χ4v) is 1.91. The average Bonchev–Trinajstić information content (AvgIpc) is 2.31. The van der Waals surface area contributed by atoms with Gasteiger partial charge in [-0.15, -0.1) is 0 Å². The first-order valence-electron chi connectivity index (χ1n) is 5.05. The number of urea groups is 1. The van der Waals surface area contributed by atoms with Crippen molar-refractivity contribution in [2.24, 2.45) is 5.92 Å². The first-order valence-corrected chi connectivity index (χ1v) is 5.85. The van der Waals surface area contributed by atoms with Crippen molar-refractivity contribution in [3.63, 3.8) is 0 Å². The molecule has 1 atom stereocenters. The van der Waals surface area contributed by atoms with Crippen LogP contribution in [0.1, 0.15) is 6.92 Å². The summed E-state index contributed by atoms with van der Waals surface area (Å²) in [4.78, 5) is 35.6. The van der Waals surface area contributed by atoms with Gasteiger partial charge in [0, 0.05) is 0 Å². The van der Waals surface area contributed by atoms with E-state index < -0.39 is 29.6 Å². The van der Waals surface area contributed by atoms with E-state index in [1.165, 1.54) is 19.1 Å². The molecule has 94 valence electrons. The number of halogens is 2. The smallest absolute Gasteiger partial charge is 0.277 e. The van der Waals surface area contributed by atoms with Crippen LogP contribution in [0.5, 0.6) is 0 Å². The molecule has 0 bridgehead atoms. The fraction of sp³-hybridized carbons (Fsp3) is 0.182. The number of carbonyl (C=O) groups is 3. The molecule has 1 aliphatic rings. The molecule has 7 heteroatoms. The van der Waals surface area contributed by atoms with E-state index >= 15 is 0 Å². The maximum Gasteiger partial charge on any atom is 0.335 e. The Morgan fingerprint density at radius 3 is 2.61 bits per heavy atom. The summed E-state index contributed by atoms with van der Waals surface area (Å²) < 4.78 is 13.2. The largest absolute Gasteiger partial charge is 0.335 e. The normalized spacial score (nSPS) is 20.1. The van der Waals surface area contributed by atoms with E-state index in [-0.39, 0.29) is 10.2 Å². The highest BCUT2D eigenvalue weighted by atomic mass is 79.9. The zero-order valence-electron chi connectivity index (χ0n) is 9.24. The number of nitrogens with one attached hydrogen (secondary N) is 1. The van der Waals surface area contributed by atoms with Gasteiger partial charge >= 0.3 is 6.03 Å². The van der Waals surface area contributed by atoms with Gasteiger partial charge < -0.3 is 0 Å². The van der Waals surface area contributed by atoms with Gasteiger partial charge in [0.15, 0.2) is 0 Å². The summed E-state index contributed by atoms with van der Waals surface area (Å²) in [6.07, 6.45) is 0. The molecular weight excluding hydrogens is 307 g/mol. The van der Waals surface area contributed by atoms with Gasteiger partial charge in [0.05, 0.1) is 10.2 Å². The predicted molar refractivity (Wildman–Crippen MR) is 64.3 cm³/mol. The molecule has 0 spiro atoms. The molecule has 4 amide bonds. The van der Waals surface area contributed by atoms with Gasteiger partial charge in [0.2, 0.25) is 11.8 Å². The zero-order valence-corrected chi connectivity index (χ0v) is 10.8. The number of barbiturate groups is 1. The summed E-state index contributed by atoms with van der Waals surface area (Å²) in [6, 6.07) is 2.89. The van der Waals surface area contributed by atoms with Crippen molar-refractivity contribution in [2.75, 3.05) is 4.90 Å². The van der Waals surface area contributed by atoms with Crippen LogP contribution in [-0.2, 0) is 9.59 Å². The Labute approximate surface area is 110 Å². The van der Waals surface area contributed by atoms with Crippen molar-refractivity contribution in [3.8, 4) is 0 Å². The van der Waals surface area contributed by atoms with Crippen molar-refractivity contribution in [3.05, 3.63) is 28.5 Å². The number of amides is 4. The van der Waals surface area contributed by atoms with Crippen LogP contribution in [0.3, 0.4) is 0 Å². The fourth-order valence-electron chi connectivity index (χ4n) is 1.54. The minimum absolute atomic E-state index is 0.130. The minimum atomic E-state index is -0.952. The van der Waals surface area contributed by atoms with Crippen molar-refractivity contribution in [1.29, 1.82) is 0 Å². The molecule has 1 aromatic carbocycles. The molecule has 0 aromatic heterocycles. The van der Waals surface area contributed by atoms with Crippen LogP contribution in [0.4, 0.5) is 14.9 Å². The molecule has 1 fully saturated rings. The third-order valence-corrected chi connectivity index (χ3v) is 3.19. The van der Waals surface area contributed by atoms with E-state index in [4.69, 9.17) is 0 Å². The average molecular weight is 315 g/mol. The summed E-state index contributed by atoms with van der Waals surface area (Å²) in [5.41, 5.74) is 0.199. The second kappa shape index (κ2) is 4.49. The molecule has 0 radical (unpaired) electrons. The van der Waals surface area contributed by atoms with Crippen LogP contribution in [0.25, 0.3) is 0 Å². The van der Waals surface area contributed by atoms with E-state index in [9.17, 15) is 18.8 Å². The first-order chi connectivity index (χ1) is 8.41. The van der Waals surface area contributed by atoms with Gasteiger partial charge in [-0.3, -0.25) is 14.9 Å². The van der Waals surface area contributed by atoms with Crippen molar-refractivity contribution < 1.29 is 18.8 Å². The zero-order chi connectivity index (χ0) is 13.4. The van der Waals surface area contributed by atoms with E-state index in [2.05, 4.69) is 21.2 Å². The lowest BCUT2D eigenvalue weighted by atomic mass is 10.1. The van der Waals surface area contributed by atoms with Gasteiger partial charge in [-0.1, -0.05) is 0 Å². The molecule has 0 aliphatic carbocycles. The molecular formula is C11H8BrFN2O3. The lowest BCUT2D eigenvalue weighted by Gasteiger charge is -2.28. The third-order valence-electron chi connectivity index (χ3n) is 2.58. The molecule has 0 saturated carbocycles. The van der Waals surface area contributed by atoms with Crippen LogP contribution >= 0.6 is 15.9 Å². The summed E-state index contributed by atoms with van der Waals surface area (Å²) >= 11 is 2.97. The molecule has 1 aliphatic heterocycles. The number of hydrogen-bond donors (Lipinski definition) is 1. The molecule has 1 heterocycles. The lowest BCUT2D eigenvalue weighted by Crippen LogP contribution is -2.57. The van der Waals surface area contributed by atoms with E-state index in [1.54, 1.807) is 0 Å². The molecule has 1 unspecified atom stereocenters. The Morgan fingerprint density at radius 2 is 2.00 bits per heavy atom. The van der Waals surface area contributed by atoms with E-state index in [0.717, 1.165) is 11.0 Å². The Hall–Kier alpha value is -1.76. The molecule has 5 nitrogen and oxygen atoms in total.